The fraction of sp³-hybridized carbons (Fsp3) is 0.708. The van der Waals surface area contributed by atoms with Crippen LogP contribution in [0.15, 0.2) is 29.3 Å². The second-order valence-electron chi connectivity index (χ2n) is 9.14. The van der Waals surface area contributed by atoms with Crippen LogP contribution in [-0.4, -0.2) is 68.7 Å². The van der Waals surface area contributed by atoms with Crippen LogP contribution in [0.1, 0.15) is 49.3 Å². The Balaban J connectivity index is 1.30. The molecule has 3 atom stereocenters. The zero-order chi connectivity index (χ0) is 20.1. The van der Waals surface area contributed by atoms with E-state index in [2.05, 4.69) is 51.3 Å². The average molecular weight is 399 g/mol. The van der Waals surface area contributed by atoms with Crippen LogP contribution >= 0.6 is 0 Å². The smallest absolute Gasteiger partial charge is 0.193 e. The molecule has 3 aliphatic heterocycles. The van der Waals surface area contributed by atoms with Gasteiger partial charge in [-0.15, -0.1) is 0 Å². The molecular formula is C24H38N4O. The largest absolute Gasteiger partial charge is 0.373 e. The summed E-state index contributed by atoms with van der Waals surface area (Å²) in [6, 6.07) is 8.86. The number of hydrogen-bond acceptors (Lipinski definition) is 3. The third-order valence-electron chi connectivity index (χ3n) is 6.89. The Bertz CT molecular complexity index is 668. The number of nitrogens with zero attached hydrogens (tertiary/aromatic N) is 3. The van der Waals surface area contributed by atoms with Gasteiger partial charge in [-0.1, -0.05) is 29.8 Å². The van der Waals surface area contributed by atoms with E-state index < -0.39 is 0 Å². The van der Waals surface area contributed by atoms with Crippen molar-refractivity contribution in [1.82, 2.24) is 15.1 Å². The van der Waals surface area contributed by atoms with Gasteiger partial charge in [0, 0.05) is 45.8 Å². The van der Waals surface area contributed by atoms with E-state index >= 15 is 0 Å². The molecule has 0 saturated carbocycles. The highest BCUT2D eigenvalue weighted by atomic mass is 16.5. The highest BCUT2D eigenvalue weighted by Crippen LogP contribution is 2.33. The van der Waals surface area contributed by atoms with Crippen LogP contribution in [0.4, 0.5) is 0 Å². The quantitative estimate of drug-likeness (QED) is 0.609. The lowest BCUT2D eigenvalue weighted by molar-refractivity contribution is -0.0266. The molecule has 3 aliphatic rings. The van der Waals surface area contributed by atoms with E-state index in [9.17, 15) is 0 Å². The second kappa shape index (κ2) is 9.94. The first-order valence-corrected chi connectivity index (χ1v) is 11.6. The summed E-state index contributed by atoms with van der Waals surface area (Å²) in [7, 11) is 1.92. The topological polar surface area (TPSA) is 40.1 Å². The molecule has 1 aromatic carbocycles. The Hall–Kier alpha value is -1.59. The molecular weight excluding hydrogens is 360 g/mol. The molecule has 0 aromatic heterocycles. The van der Waals surface area contributed by atoms with Gasteiger partial charge in [0.25, 0.3) is 0 Å². The number of nitrogens with one attached hydrogen (secondary N) is 1. The lowest BCUT2D eigenvalue weighted by Crippen LogP contribution is -2.44. The van der Waals surface area contributed by atoms with Gasteiger partial charge in [0.05, 0.1) is 6.10 Å². The molecule has 1 aromatic rings. The van der Waals surface area contributed by atoms with Gasteiger partial charge < -0.3 is 19.9 Å². The number of likely N-dealkylation sites (tertiary alicyclic amines) is 2. The number of hydrogen-bond donors (Lipinski definition) is 1. The van der Waals surface area contributed by atoms with Gasteiger partial charge in [-0.05, 0) is 63.6 Å². The van der Waals surface area contributed by atoms with Crippen LogP contribution in [0.5, 0.6) is 0 Å². The summed E-state index contributed by atoms with van der Waals surface area (Å²) in [5, 5.41) is 3.69. The number of benzene rings is 1. The van der Waals surface area contributed by atoms with Crippen molar-refractivity contribution in [2.24, 2.45) is 16.8 Å². The van der Waals surface area contributed by atoms with Crippen molar-refractivity contribution < 1.29 is 4.74 Å². The first kappa shape index (κ1) is 20.7. The van der Waals surface area contributed by atoms with E-state index in [1.54, 1.807) is 0 Å². The number of ether oxygens (including phenoxy) is 1. The molecule has 0 amide bonds. The monoisotopic (exact) mass is 398 g/mol. The maximum atomic E-state index is 6.20. The summed E-state index contributed by atoms with van der Waals surface area (Å²) < 4.78 is 6.20. The predicted molar refractivity (Wildman–Crippen MR) is 119 cm³/mol. The minimum Gasteiger partial charge on any atom is -0.373 e. The molecule has 0 radical (unpaired) electrons. The van der Waals surface area contributed by atoms with E-state index in [1.807, 2.05) is 7.05 Å². The zero-order valence-corrected chi connectivity index (χ0v) is 18.3. The summed E-state index contributed by atoms with van der Waals surface area (Å²) in [4.78, 5) is 9.72. The number of guanidine groups is 1. The molecule has 4 rings (SSSR count). The molecule has 160 valence electrons. The maximum Gasteiger partial charge on any atom is 0.193 e. The third-order valence-corrected chi connectivity index (χ3v) is 6.89. The van der Waals surface area contributed by atoms with E-state index in [1.165, 1.54) is 56.4 Å². The molecule has 5 nitrogen and oxygen atoms in total. The number of aliphatic imine (C=N–C) groups is 1. The Kier molecular flexibility index (Phi) is 7.09. The van der Waals surface area contributed by atoms with E-state index in [0.717, 1.165) is 44.5 Å². The normalized spacial score (nSPS) is 28.8. The molecule has 0 aliphatic carbocycles. The van der Waals surface area contributed by atoms with E-state index in [4.69, 9.17) is 4.74 Å². The fourth-order valence-corrected chi connectivity index (χ4v) is 5.24. The van der Waals surface area contributed by atoms with Crippen molar-refractivity contribution in [2.75, 3.05) is 52.9 Å². The lowest BCUT2D eigenvalue weighted by Gasteiger charge is -2.33. The van der Waals surface area contributed by atoms with Crippen molar-refractivity contribution >= 4 is 5.96 Å². The summed E-state index contributed by atoms with van der Waals surface area (Å²) in [5.41, 5.74) is 2.61. The lowest BCUT2D eigenvalue weighted by atomic mass is 9.89. The van der Waals surface area contributed by atoms with Crippen LogP contribution in [-0.2, 0) is 4.74 Å². The van der Waals surface area contributed by atoms with Crippen molar-refractivity contribution in [3.8, 4) is 0 Å². The molecule has 1 N–H and O–H groups in total. The minimum atomic E-state index is 0.191. The van der Waals surface area contributed by atoms with E-state index in [-0.39, 0.29) is 6.10 Å². The SMILES string of the molecule is CN=C(NCC1CCCOC1c1ccc(C)cc1)N1CCC(CN2CCCC2)C1. The molecule has 5 heteroatoms. The Morgan fingerprint density at radius 3 is 2.66 bits per heavy atom. The summed E-state index contributed by atoms with van der Waals surface area (Å²) in [5.74, 6) is 2.35. The molecule has 3 heterocycles. The highest BCUT2D eigenvalue weighted by molar-refractivity contribution is 5.80. The summed E-state index contributed by atoms with van der Waals surface area (Å²) in [6.07, 6.45) is 6.60. The molecule has 0 spiro atoms. The van der Waals surface area contributed by atoms with Crippen LogP contribution in [0.2, 0.25) is 0 Å². The van der Waals surface area contributed by atoms with Gasteiger partial charge in [0.2, 0.25) is 0 Å². The molecule has 3 fully saturated rings. The predicted octanol–water partition coefficient (Wildman–Crippen LogP) is 3.46. The van der Waals surface area contributed by atoms with Crippen LogP contribution in [0, 0.1) is 18.8 Å². The molecule has 29 heavy (non-hydrogen) atoms. The Labute approximate surface area is 176 Å². The van der Waals surface area contributed by atoms with Crippen molar-refractivity contribution in [3.05, 3.63) is 35.4 Å². The Morgan fingerprint density at radius 1 is 1.10 bits per heavy atom. The average Bonchev–Trinajstić information content (AvgIpc) is 3.42. The zero-order valence-electron chi connectivity index (χ0n) is 18.3. The van der Waals surface area contributed by atoms with Gasteiger partial charge in [0.1, 0.15) is 0 Å². The molecule has 3 saturated heterocycles. The first-order valence-electron chi connectivity index (χ1n) is 11.6. The number of aryl methyl sites for hydroxylation is 1. The van der Waals surface area contributed by atoms with Crippen molar-refractivity contribution in [3.63, 3.8) is 0 Å². The van der Waals surface area contributed by atoms with Crippen molar-refractivity contribution in [1.29, 1.82) is 0 Å². The first-order chi connectivity index (χ1) is 14.2. The standard InChI is InChI=1S/C24H38N4O/c1-19-7-9-21(10-8-19)23-22(6-5-15-29-23)16-26-24(25-2)28-14-11-20(18-28)17-27-12-3-4-13-27/h7-10,20,22-23H,3-6,11-18H2,1-2H3,(H,25,26). The van der Waals surface area contributed by atoms with Crippen LogP contribution < -0.4 is 5.32 Å². The number of rotatable bonds is 5. The maximum absolute atomic E-state index is 6.20. The summed E-state index contributed by atoms with van der Waals surface area (Å²) in [6.45, 7) is 10.1. The fourth-order valence-electron chi connectivity index (χ4n) is 5.24. The third kappa shape index (κ3) is 5.32. The summed E-state index contributed by atoms with van der Waals surface area (Å²) >= 11 is 0. The van der Waals surface area contributed by atoms with E-state index in [0.29, 0.717) is 5.92 Å². The van der Waals surface area contributed by atoms with Gasteiger partial charge in [-0.3, -0.25) is 4.99 Å². The highest BCUT2D eigenvalue weighted by Gasteiger charge is 2.30. The second-order valence-corrected chi connectivity index (χ2v) is 9.14. The molecule has 0 bridgehead atoms. The minimum absolute atomic E-state index is 0.191. The van der Waals surface area contributed by atoms with Gasteiger partial charge in [0.15, 0.2) is 5.96 Å². The van der Waals surface area contributed by atoms with Crippen molar-refractivity contribution in [2.45, 2.75) is 45.1 Å². The van der Waals surface area contributed by atoms with Gasteiger partial charge in [-0.2, -0.15) is 0 Å². The van der Waals surface area contributed by atoms with Crippen LogP contribution in [0.25, 0.3) is 0 Å². The Morgan fingerprint density at radius 2 is 1.90 bits per heavy atom. The van der Waals surface area contributed by atoms with Crippen LogP contribution in [0.3, 0.4) is 0 Å². The molecule has 3 unspecified atom stereocenters. The van der Waals surface area contributed by atoms with Gasteiger partial charge >= 0.3 is 0 Å². The van der Waals surface area contributed by atoms with Gasteiger partial charge in [-0.25, -0.2) is 0 Å².